The van der Waals surface area contributed by atoms with Crippen molar-refractivity contribution in [2.24, 2.45) is 11.1 Å². The average molecular weight is 274 g/mol. The predicted octanol–water partition coefficient (Wildman–Crippen LogP) is 0.763. The zero-order valence-electron chi connectivity index (χ0n) is 11.2. The summed E-state index contributed by atoms with van der Waals surface area (Å²) < 4.78 is 0. The minimum absolute atomic E-state index is 0.0955. The molecule has 1 fully saturated rings. The molecular formula is C15H18N2O3. The van der Waals surface area contributed by atoms with Crippen LogP contribution in [0.25, 0.3) is 0 Å². The van der Waals surface area contributed by atoms with E-state index in [2.05, 4.69) is 0 Å². The van der Waals surface area contributed by atoms with E-state index in [0.29, 0.717) is 19.5 Å². The third-order valence-electron chi connectivity index (χ3n) is 4.49. The van der Waals surface area contributed by atoms with Gasteiger partial charge in [0.2, 0.25) is 5.91 Å². The standard InChI is InChI=1S/C15H18N2O3/c16-9-15(5-6-15)14(20)17-8-11-4-2-1-3-10(11)7-12(17)13(18)19/h1-4,12H,5-9,16H2,(H,18,19)/t12-/m0/s1. The molecule has 1 aliphatic carbocycles. The van der Waals surface area contributed by atoms with E-state index in [-0.39, 0.29) is 5.91 Å². The molecule has 1 saturated carbocycles. The van der Waals surface area contributed by atoms with Crippen LogP contribution < -0.4 is 5.73 Å². The van der Waals surface area contributed by atoms with Crippen molar-refractivity contribution in [2.75, 3.05) is 6.54 Å². The summed E-state index contributed by atoms with van der Waals surface area (Å²) in [5, 5.41) is 9.42. The molecule has 3 rings (SSSR count). The molecule has 5 nitrogen and oxygen atoms in total. The number of hydrogen-bond donors (Lipinski definition) is 2. The summed E-state index contributed by atoms with van der Waals surface area (Å²) in [4.78, 5) is 25.6. The Kier molecular flexibility index (Phi) is 3.01. The van der Waals surface area contributed by atoms with Crippen LogP contribution in [0.5, 0.6) is 0 Å². The van der Waals surface area contributed by atoms with E-state index in [9.17, 15) is 14.7 Å². The minimum Gasteiger partial charge on any atom is -0.480 e. The van der Waals surface area contributed by atoms with Crippen molar-refractivity contribution in [1.82, 2.24) is 4.90 Å². The van der Waals surface area contributed by atoms with E-state index in [0.717, 1.165) is 24.0 Å². The maximum Gasteiger partial charge on any atom is 0.326 e. The van der Waals surface area contributed by atoms with Gasteiger partial charge in [-0.3, -0.25) is 4.79 Å². The maximum absolute atomic E-state index is 12.6. The maximum atomic E-state index is 12.6. The predicted molar refractivity (Wildman–Crippen MR) is 72.8 cm³/mol. The Bertz CT molecular complexity index is 566. The van der Waals surface area contributed by atoms with Crippen LogP contribution in [0.4, 0.5) is 0 Å². The van der Waals surface area contributed by atoms with Crippen LogP contribution in [0, 0.1) is 5.41 Å². The molecule has 1 aliphatic heterocycles. The highest BCUT2D eigenvalue weighted by atomic mass is 16.4. The van der Waals surface area contributed by atoms with E-state index in [1.165, 1.54) is 4.90 Å². The van der Waals surface area contributed by atoms with Gasteiger partial charge in [-0.1, -0.05) is 24.3 Å². The molecule has 0 radical (unpaired) electrons. The molecule has 1 atom stereocenters. The average Bonchev–Trinajstić information content (AvgIpc) is 3.26. The van der Waals surface area contributed by atoms with E-state index in [4.69, 9.17) is 5.73 Å². The van der Waals surface area contributed by atoms with Gasteiger partial charge in [0.1, 0.15) is 6.04 Å². The molecule has 0 spiro atoms. The molecule has 0 bridgehead atoms. The highest BCUT2D eigenvalue weighted by molar-refractivity contribution is 5.90. The van der Waals surface area contributed by atoms with Crippen LogP contribution in [0.2, 0.25) is 0 Å². The monoisotopic (exact) mass is 274 g/mol. The second kappa shape index (κ2) is 4.59. The third-order valence-corrected chi connectivity index (χ3v) is 4.49. The number of carbonyl (C=O) groups excluding carboxylic acids is 1. The zero-order valence-corrected chi connectivity index (χ0v) is 11.2. The lowest BCUT2D eigenvalue weighted by Crippen LogP contribution is -2.52. The van der Waals surface area contributed by atoms with Gasteiger partial charge in [0.25, 0.3) is 0 Å². The summed E-state index contributed by atoms with van der Waals surface area (Å²) in [6, 6.07) is 6.93. The molecule has 1 amide bonds. The number of carboxylic acids is 1. The lowest BCUT2D eigenvalue weighted by Gasteiger charge is -2.36. The Labute approximate surface area is 117 Å². The quantitative estimate of drug-likeness (QED) is 0.852. The lowest BCUT2D eigenvalue weighted by molar-refractivity contribution is -0.153. The number of carboxylic acid groups (broad SMARTS) is 1. The van der Waals surface area contributed by atoms with Gasteiger partial charge in [-0.05, 0) is 24.0 Å². The van der Waals surface area contributed by atoms with E-state index in [1.54, 1.807) is 0 Å². The van der Waals surface area contributed by atoms with E-state index in [1.807, 2.05) is 24.3 Å². The normalized spacial score (nSPS) is 23.1. The van der Waals surface area contributed by atoms with Crippen molar-refractivity contribution < 1.29 is 14.7 Å². The first kappa shape index (κ1) is 13.1. The Morgan fingerprint density at radius 2 is 1.95 bits per heavy atom. The van der Waals surface area contributed by atoms with Gasteiger partial charge >= 0.3 is 5.97 Å². The zero-order chi connectivity index (χ0) is 14.3. The SMILES string of the molecule is NCC1(C(=O)N2Cc3ccccc3C[C@H]2C(=O)O)CC1. The van der Waals surface area contributed by atoms with Crippen LogP contribution in [0.1, 0.15) is 24.0 Å². The first-order chi connectivity index (χ1) is 9.57. The Balaban J connectivity index is 1.93. The number of nitrogens with zero attached hydrogens (tertiary/aromatic N) is 1. The fourth-order valence-corrected chi connectivity index (χ4v) is 2.92. The topological polar surface area (TPSA) is 83.6 Å². The van der Waals surface area contributed by atoms with Gasteiger partial charge in [0.15, 0.2) is 0 Å². The molecule has 1 aromatic carbocycles. The molecule has 2 aliphatic rings. The number of amides is 1. The molecule has 0 aromatic heterocycles. The van der Waals surface area contributed by atoms with Gasteiger partial charge in [-0.15, -0.1) is 0 Å². The fourth-order valence-electron chi connectivity index (χ4n) is 2.92. The summed E-state index contributed by atoms with van der Waals surface area (Å²) in [6.07, 6.45) is 1.91. The Hall–Kier alpha value is -1.88. The molecular weight excluding hydrogens is 256 g/mol. The van der Waals surface area contributed by atoms with Crippen molar-refractivity contribution in [3.05, 3.63) is 35.4 Å². The van der Waals surface area contributed by atoms with Crippen LogP contribution in [0.15, 0.2) is 24.3 Å². The van der Waals surface area contributed by atoms with Gasteiger partial charge < -0.3 is 15.7 Å². The largest absolute Gasteiger partial charge is 0.480 e. The molecule has 1 heterocycles. The van der Waals surface area contributed by atoms with Crippen LogP contribution in [-0.2, 0) is 22.6 Å². The summed E-state index contributed by atoms with van der Waals surface area (Å²) in [5.74, 6) is -1.04. The third kappa shape index (κ3) is 1.98. The summed E-state index contributed by atoms with van der Waals surface area (Å²) in [7, 11) is 0. The number of rotatable bonds is 3. The number of fused-ring (bicyclic) bond motifs is 1. The second-order valence-electron chi connectivity index (χ2n) is 5.74. The smallest absolute Gasteiger partial charge is 0.326 e. The summed E-state index contributed by atoms with van der Waals surface area (Å²) in [6.45, 7) is 0.671. The van der Waals surface area contributed by atoms with Gasteiger partial charge in [0.05, 0.1) is 5.41 Å². The Morgan fingerprint density at radius 3 is 2.50 bits per heavy atom. The van der Waals surface area contributed by atoms with Crippen molar-refractivity contribution >= 4 is 11.9 Å². The summed E-state index contributed by atoms with van der Waals surface area (Å²) >= 11 is 0. The van der Waals surface area contributed by atoms with Crippen molar-refractivity contribution in [3.63, 3.8) is 0 Å². The number of carbonyl (C=O) groups is 2. The molecule has 0 unspecified atom stereocenters. The first-order valence-electron chi connectivity index (χ1n) is 6.88. The van der Waals surface area contributed by atoms with Gasteiger partial charge in [-0.25, -0.2) is 4.79 Å². The highest BCUT2D eigenvalue weighted by Crippen LogP contribution is 2.47. The highest BCUT2D eigenvalue weighted by Gasteiger charge is 2.52. The number of hydrogen-bond acceptors (Lipinski definition) is 3. The van der Waals surface area contributed by atoms with Crippen molar-refractivity contribution in [2.45, 2.75) is 31.8 Å². The molecule has 0 saturated heterocycles. The van der Waals surface area contributed by atoms with Crippen LogP contribution in [-0.4, -0.2) is 34.5 Å². The molecule has 106 valence electrons. The fraction of sp³-hybridized carbons (Fsp3) is 0.467. The van der Waals surface area contributed by atoms with E-state index >= 15 is 0 Å². The van der Waals surface area contributed by atoms with Gasteiger partial charge in [-0.2, -0.15) is 0 Å². The Morgan fingerprint density at radius 1 is 1.30 bits per heavy atom. The molecule has 3 N–H and O–H groups in total. The second-order valence-corrected chi connectivity index (χ2v) is 5.74. The summed E-state index contributed by atoms with van der Waals surface area (Å²) in [5.41, 5.74) is 7.25. The van der Waals surface area contributed by atoms with Crippen molar-refractivity contribution in [3.8, 4) is 0 Å². The number of benzene rings is 1. The van der Waals surface area contributed by atoms with Gasteiger partial charge in [0, 0.05) is 19.5 Å². The van der Waals surface area contributed by atoms with Crippen molar-refractivity contribution in [1.29, 1.82) is 0 Å². The number of nitrogens with two attached hydrogens (primary N) is 1. The molecule has 20 heavy (non-hydrogen) atoms. The van der Waals surface area contributed by atoms with E-state index < -0.39 is 17.4 Å². The minimum atomic E-state index is -0.944. The lowest BCUT2D eigenvalue weighted by atomic mass is 9.92. The molecule has 1 aromatic rings. The van der Waals surface area contributed by atoms with Crippen LogP contribution in [0.3, 0.4) is 0 Å². The molecule has 5 heteroatoms. The van der Waals surface area contributed by atoms with Crippen LogP contribution >= 0.6 is 0 Å². The first-order valence-corrected chi connectivity index (χ1v) is 6.88. The number of aliphatic carboxylic acids is 1.